The van der Waals surface area contributed by atoms with Crippen LogP contribution in [0.5, 0.6) is 0 Å². The second-order valence-electron chi connectivity index (χ2n) is 2.41. The van der Waals surface area contributed by atoms with Crippen LogP contribution in [0.15, 0.2) is 4.99 Å². The standard InChI is InChI=1S/C7H9NO4/c1-12-5-3-8-2-4(9)6(10)7(5)11/h3-5,9H,2H2,1H3. The molecule has 0 spiro atoms. The first kappa shape index (κ1) is 9.02. The highest BCUT2D eigenvalue weighted by molar-refractivity contribution is 6.43. The Balaban J connectivity index is 2.83. The number of carbonyl (C=O) groups is 2. The molecule has 0 fully saturated rings. The number of rotatable bonds is 1. The van der Waals surface area contributed by atoms with E-state index in [0.717, 1.165) is 0 Å². The molecule has 0 saturated heterocycles. The summed E-state index contributed by atoms with van der Waals surface area (Å²) in [5.74, 6) is -1.58. The van der Waals surface area contributed by atoms with Crippen molar-refractivity contribution >= 4 is 17.8 Å². The maximum absolute atomic E-state index is 11.1. The van der Waals surface area contributed by atoms with E-state index in [1.807, 2.05) is 0 Å². The van der Waals surface area contributed by atoms with Gasteiger partial charge in [-0.05, 0) is 0 Å². The molecule has 0 bridgehead atoms. The van der Waals surface area contributed by atoms with E-state index in [2.05, 4.69) is 9.73 Å². The SMILES string of the molecule is COC1C=NCC(O)C(=O)C1=O. The zero-order valence-corrected chi connectivity index (χ0v) is 6.56. The Morgan fingerprint density at radius 1 is 1.58 bits per heavy atom. The van der Waals surface area contributed by atoms with Crippen LogP contribution in [0.25, 0.3) is 0 Å². The van der Waals surface area contributed by atoms with Crippen molar-refractivity contribution in [3.05, 3.63) is 0 Å². The number of hydrogen-bond acceptors (Lipinski definition) is 5. The van der Waals surface area contributed by atoms with Crippen LogP contribution in [0.3, 0.4) is 0 Å². The fraction of sp³-hybridized carbons (Fsp3) is 0.571. The molecule has 0 aromatic rings. The normalized spacial score (nSPS) is 30.5. The third kappa shape index (κ3) is 1.57. The van der Waals surface area contributed by atoms with Gasteiger partial charge in [-0.25, -0.2) is 0 Å². The third-order valence-corrected chi connectivity index (χ3v) is 1.58. The van der Waals surface area contributed by atoms with Crippen LogP contribution in [0, 0.1) is 0 Å². The van der Waals surface area contributed by atoms with Gasteiger partial charge in [0.2, 0.25) is 11.6 Å². The summed E-state index contributed by atoms with van der Waals surface area (Å²) >= 11 is 0. The first-order valence-electron chi connectivity index (χ1n) is 3.45. The summed E-state index contributed by atoms with van der Waals surface area (Å²) in [5, 5.41) is 9.00. The third-order valence-electron chi connectivity index (χ3n) is 1.58. The molecule has 12 heavy (non-hydrogen) atoms. The van der Waals surface area contributed by atoms with E-state index < -0.39 is 23.8 Å². The summed E-state index contributed by atoms with van der Waals surface area (Å²) in [4.78, 5) is 25.7. The molecule has 1 N–H and O–H groups in total. The van der Waals surface area contributed by atoms with Gasteiger partial charge in [-0.2, -0.15) is 0 Å². The molecule has 1 rings (SSSR count). The summed E-state index contributed by atoms with van der Waals surface area (Å²) in [6, 6.07) is 0. The minimum Gasteiger partial charge on any atom is -0.383 e. The molecule has 66 valence electrons. The molecule has 0 amide bonds. The van der Waals surface area contributed by atoms with Gasteiger partial charge < -0.3 is 9.84 Å². The Morgan fingerprint density at radius 2 is 2.25 bits per heavy atom. The Bertz CT molecular complexity index is 236. The van der Waals surface area contributed by atoms with E-state index in [1.54, 1.807) is 0 Å². The lowest BCUT2D eigenvalue weighted by molar-refractivity contribution is -0.144. The van der Waals surface area contributed by atoms with Crippen molar-refractivity contribution in [3.8, 4) is 0 Å². The number of aliphatic imine (C=N–C) groups is 1. The maximum atomic E-state index is 11.1. The zero-order valence-electron chi connectivity index (χ0n) is 6.56. The van der Waals surface area contributed by atoms with E-state index in [1.165, 1.54) is 13.3 Å². The second-order valence-corrected chi connectivity index (χ2v) is 2.41. The number of Topliss-reactive ketones (excluding diaryl/α,β-unsaturated/α-hetero) is 2. The molecular weight excluding hydrogens is 162 g/mol. The largest absolute Gasteiger partial charge is 0.383 e. The number of hydrogen-bond donors (Lipinski definition) is 1. The summed E-state index contributed by atoms with van der Waals surface area (Å²) in [6.45, 7) is -0.0650. The molecule has 1 aliphatic heterocycles. The molecule has 2 unspecified atom stereocenters. The highest BCUT2D eigenvalue weighted by atomic mass is 16.5. The van der Waals surface area contributed by atoms with Crippen LogP contribution in [0.1, 0.15) is 0 Å². The Kier molecular flexibility index (Phi) is 2.67. The summed E-state index contributed by atoms with van der Waals surface area (Å²) < 4.78 is 4.67. The zero-order chi connectivity index (χ0) is 9.14. The van der Waals surface area contributed by atoms with E-state index in [4.69, 9.17) is 5.11 Å². The van der Waals surface area contributed by atoms with Gasteiger partial charge in [0.25, 0.3) is 0 Å². The molecule has 0 aliphatic carbocycles. The van der Waals surface area contributed by atoms with Gasteiger partial charge in [-0.3, -0.25) is 14.6 Å². The lowest BCUT2D eigenvalue weighted by atomic mass is 10.1. The van der Waals surface area contributed by atoms with E-state index in [-0.39, 0.29) is 6.54 Å². The molecule has 0 saturated carbocycles. The van der Waals surface area contributed by atoms with Crippen LogP contribution in [-0.4, -0.2) is 48.8 Å². The molecule has 1 aliphatic rings. The van der Waals surface area contributed by atoms with Crippen LogP contribution in [-0.2, 0) is 14.3 Å². The van der Waals surface area contributed by atoms with Crippen molar-refractivity contribution in [3.63, 3.8) is 0 Å². The second kappa shape index (κ2) is 3.55. The fourth-order valence-electron chi connectivity index (χ4n) is 0.879. The molecule has 0 aromatic carbocycles. The Labute approximate surface area is 69.0 Å². The minimum absolute atomic E-state index is 0.0650. The first-order chi connectivity index (χ1) is 5.66. The van der Waals surface area contributed by atoms with Crippen molar-refractivity contribution in [1.82, 2.24) is 0 Å². The van der Waals surface area contributed by atoms with Crippen LogP contribution in [0.2, 0.25) is 0 Å². The number of ketones is 2. The predicted molar refractivity (Wildman–Crippen MR) is 40.2 cm³/mol. The van der Waals surface area contributed by atoms with Gasteiger partial charge in [0.1, 0.15) is 6.10 Å². The molecule has 0 radical (unpaired) electrons. The number of methoxy groups -OCH3 is 1. The molecule has 5 heteroatoms. The minimum atomic E-state index is -1.31. The van der Waals surface area contributed by atoms with Gasteiger partial charge in [0.15, 0.2) is 6.10 Å². The lowest BCUT2D eigenvalue weighted by Gasteiger charge is -2.05. The van der Waals surface area contributed by atoms with Crippen molar-refractivity contribution in [2.45, 2.75) is 12.2 Å². The van der Waals surface area contributed by atoms with Gasteiger partial charge in [-0.15, -0.1) is 0 Å². The highest BCUT2D eigenvalue weighted by Gasteiger charge is 2.31. The highest BCUT2D eigenvalue weighted by Crippen LogP contribution is 2.00. The number of ether oxygens (including phenoxy) is 1. The van der Waals surface area contributed by atoms with Crippen LogP contribution >= 0.6 is 0 Å². The van der Waals surface area contributed by atoms with Crippen molar-refractivity contribution < 1.29 is 19.4 Å². The molecule has 2 atom stereocenters. The molecule has 1 heterocycles. The summed E-state index contributed by atoms with van der Waals surface area (Å²) in [7, 11) is 1.31. The number of carbonyl (C=O) groups excluding carboxylic acids is 2. The summed E-state index contributed by atoms with van der Waals surface area (Å²) in [5.41, 5.74) is 0. The van der Waals surface area contributed by atoms with Crippen molar-refractivity contribution in [2.75, 3.05) is 13.7 Å². The van der Waals surface area contributed by atoms with Gasteiger partial charge in [0, 0.05) is 13.3 Å². The topological polar surface area (TPSA) is 76.0 Å². The van der Waals surface area contributed by atoms with Crippen molar-refractivity contribution in [2.24, 2.45) is 4.99 Å². The summed E-state index contributed by atoms with van der Waals surface area (Å²) in [6.07, 6.45) is -1.01. The predicted octanol–water partition coefficient (Wildman–Crippen LogP) is -1.42. The monoisotopic (exact) mass is 171 g/mol. The van der Waals surface area contributed by atoms with Gasteiger partial charge >= 0.3 is 0 Å². The van der Waals surface area contributed by atoms with E-state index in [9.17, 15) is 9.59 Å². The fourth-order valence-corrected chi connectivity index (χ4v) is 0.879. The lowest BCUT2D eigenvalue weighted by Crippen LogP contribution is -2.36. The van der Waals surface area contributed by atoms with E-state index >= 15 is 0 Å². The number of aliphatic hydroxyl groups excluding tert-OH is 1. The van der Waals surface area contributed by atoms with Crippen LogP contribution in [0.4, 0.5) is 0 Å². The number of aliphatic hydroxyl groups is 1. The Hall–Kier alpha value is -1.07. The van der Waals surface area contributed by atoms with Crippen LogP contribution < -0.4 is 0 Å². The molecule has 5 nitrogen and oxygen atoms in total. The molecule has 0 aromatic heterocycles. The van der Waals surface area contributed by atoms with Gasteiger partial charge in [-0.1, -0.05) is 0 Å². The number of nitrogens with zero attached hydrogens (tertiary/aromatic N) is 1. The van der Waals surface area contributed by atoms with E-state index in [0.29, 0.717) is 0 Å². The van der Waals surface area contributed by atoms with Gasteiger partial charge in [0.05, 0.1) is 6.54 Å². The maximum Gasteiger partial charge on any atom is 0.235 e. The van der Waals surface area contributed by atoms with Crippen molar-refractivity contribution in [1.29, 1.82) is 0 Å². The molecular formula is C7H9NO4. The smallest absolute Gasteiger partial charge is 0.235 e. The average Bonchev–Trinajstić information content (AvgIpc) is 2.19. The Morgan fingerprint density at radius 3 is 2.83 bits per heavy atom. The first-order valence-corrected chi connectivity index (χ1v) is 3.45. The quantitative estimate of drug-likeness (QED) is 0.491. The average molecular weight is 171 g/mol.